The number of hydrogen-bond donors (Lipinski definition) is 2. The molecule has 1 aliphatic rings. The van der Waals surface area contributed by atoms with E-state index in [2.05, 4.69) is 24.5 Å². The normalized spacial score (nSPS) is 20.2. The number of carbonyl (C=O) groups is 3. The summed E-state index contributed by atoms with van der Waals surface area (Å²) in [6, 6.07) is 6.06. The number of benzene rings is 1. The molecule has 0 spiro atoms. The highest BCUT2D eigenvalue weighted by Gasteiger charge is 2.47. The third-order valence-corrected chi connectivity index (χ3v) is 5.81. The summed E-state index contributed by atoms with van der Waals surface area (Å²) in [7, 11) is 0. The van der Waals surface area contributed by atoms with Crippen LogP contribution < -0.4 is 10.6 Å². The molecular formula is C26H41N3O4. The maximum absolute atomic E-state index is 13.6. The van der Waals surface area contributed by atoms with Gasteiger partial charge in [-0.2, -0.15) is 0 Å². The molecule has 1 fully saturated rings. The third kappa shape index (κ3) is 7.76. The second kappa shape index (κ2) is 11.0. The van der Waals surface area contributed by atoms with Gasteiger partial charge >= 0.3 is 6.09 Å². The number of aryl methyl sites for hydroxylation is 1. The number of carbonyl (C=O) groups excluding carboxylic acids is 3. The summed E-state index contributed by atoms with van der Waals surface area (Å²) in [5.41, 5.74) is 1.17. The van der Waals surface area contributed by atoms with Gasteiger partial charge in [-0.3, -0.25) is 9.59 Å². The fraction of sp³-hybridized carbons (Fsp3) is 0.654. The third-order valence-electron chi connectivity index (χ3n) is 5.81. The molecule has 1 aliphatic carbocycles. The van der Waals surface area contributed by atoms with Crippen molar-refractivity contribution >= 4 is 17.9 Å². The van der Waals surface area contributed by atoms with Crippen molar-refractivity contribution in [3.63, 3.8) is 0 Å². The van der Waals surface area contributed by atoms with Crippen LogP contribution in [0.15, 0.2) is 24.3 Å². The largest absolute Gasteiger partial charge is 0.444 e. The number of amides is 3. The molecule has 1 aromatic rings. The van der Waals surface area contributed by atoms with Gasteiger partial charge in [-0.25, -0.2) is 4.79 Å². The first kappa shape index (κ1) is 26.7. The van der Waals surface area contributed by atoms with E-state index in [1.54, 1.807) is 32.6 Å². The molecule has 7 nitrogen and oxygen atoms in total. The summed E-state index contributed by atoms with van der Waals surface area (Å²) in [5.74, 6) is -0.202. The Morgan fingerprint density at radius 3 is 2.18 bits per heavy atom. The quantitative estimate of drug-likeness (QED) is 0.569. The molecule has 3 amide bonds. The minimum absolute atomic E-state index is 0.00124. The molecule has 0 bridgehead atoms. The molecule has 2 rings (SSSR count). The second-order valence-electron chi connectivity index (χ2n) is 10.4. The van der Waals surface area contributed by atoms with Crippen LogP contribution in [0.25, 0.3) is 0 Å². The molecule has 1 saturated carbocycles. The molecule has 0 heterocycles. The first-order valence-corrected chi connectivity index (χ1v) is 12.0. The van der Waals surface area contributed by atoms with Crippen molar-refractivity contribution in [2.45, 2.75) is 104 Å². The van der Waals surface area contributed by atoms with Crippen molar-refractivity contribution in [2.75, 3.05) is 0 Å². The van der Waals surface area contributed by atoms with E-state index in [-0.39, 0.29) is 29.8 Å². The van der Waals surface area contributed by atoms with Crippen LogP contribution in [0.3, 0.4) is 0 Å². The molecule has 33 heavy (non-hydrogen) atoms. The van der Waals surface area contributed by atoms with Crippen LogP contribution in [-0.4, -0.2) is 46.5 Å². The van der Waals surface area contributed by atoms with Gasteiger partial charge in [0.05, 0.1) is 0 Å². The topological polar surface area (TPSA) is 87.7 Å². The van der Waals surface area contributed by atoms with Gasteiger partial charge in [0.2, 0.25) is 11.8 Å². The number of nitrogens with one attached hydrogen (secondary N) is 2. The van der Waals surface area contributed by atoms with Gasteiger partial charge in [0.1, 0.15) is 17.7 Å². The number of nitrogens with zero attached hydrogens (tertiary/aromatic N) is 1. The average Bonchev–Trinajstić information content (AvgIpc) is 3.40. The van der Waals surface area contributed by atoms with Gasteiger partial charge in [0.25, 0.3) is 0 Å². The lowest BCUT2D eigenvalue weighted by Gasteiger charge is -2.35. The van der Waals surface area contributed by atoms with Crippen molar-refractivity contribution in [3.05, 3.63) is 35.4 Å². The molecule has 0 saturated heterocycles. The van der Waals surface area contributed by atoms with Crippen molar-refractivity contribution in [1.29, 1.82) is 0 Å². The van der Waals surface area contributed by atoms with E-state index in [9.17, 15) is 14.4 Å². The van der Waals surface area contributed by atoms with Crippen LogP contribution in [0.4, 0.5) is 4.79 Å². The molecule has 0 aromatic heterocycles. The Morgan fingerprint density at radius 1 is 1.12 bits per heavy atom. The van der Waals surface area contributed by atoms with Crippen molar-refractivity contribution in [2.24, 2.45) is 5.92 Å². The van der Waals surface area contributed by atoms with Gasteiger partial charge in [0.15, 0.2) is 0 Å². The predicted molar refractivity (Wildman–Crippen MR) is 130 cm³/mol. The summed E-state index contributed by atoms with van der Waals surface area (Å²) in [6.07, 6.45) is 1.98. The maximum Gasteiger partial charge on any atom is 0.408 e. The minimum atomic E-state index is -0.832. The number of ether oxygens (including phenoxy) is 1. The van der Waals surface area contributed by atoms with Gasteiger partial charge in [-0.15, -0.1) is 0 Å². The van der Waals surface area contributed by atoms with Crippen molar-refractivity contribution in [1.82, 2.24) is 15.5 Å². The van der Waals surface area contributed by atoms with Crippen LogP contribution in [0.2, 0.25) is 0 Å². The fourth-order valence-electron chi connectivity index (χ4n) is 3.96. The standard InChI is InChI=1S/C26H41N3O4/c1-9-10-18(4)27-23(30)22(20-13-11-16(2)12-14-20)29(21-15-17(21)3)24(31)19(5)28-25(32)33-26(6,7)8/h11-14,17-19,21-22H,9-10,15H2,1-8H3,(H,27,30)(H,28,32). The van der Waals surface area contributed by atoms with E-state index < -0.39 is 23.8 Å². The van der Waals surface area contributed by atoms with Gasteiger partial charge < -0.3 is 20.3 Å². The van der Waals surface area contributed by atoms with Crippen molar-refractivity contribution < 1.29 is 19.1 Å². The van der Waals surface area contributed by atoms with E-state index in [0.717, 1.165) is 30.4 Å². The first-order valence-electron chi connectivity index (χ1n) is 12.0. The highest BCUT2D eigenvalue weighted by Crippen LogP contribution is 2.40. The Bertz CT molecular complexity index is 831. The molecule has 1 aromatic carbocycles. The zero-order valence-electron chi connectivity index (χ0n) is 21.4. The second-order valence-corrected chi connectivity index (χ2v) is 10.4. The van der Waals surface area contributed by atoms with Gasteiger partial charge in [-0.05, 0) is 65.9 Å². The summed E-state index contributed by atoms with van der Waals surface area (Å²) in [4.78, 5) is 41.1. The summed E-state index contributed by atoms with van der Waals surface area (Å²) >= 11 is 0. The Kier molecular flexibility index (Phi) is 8.92. The zero-order chi connectivity index (χ0) is 24.9. The van der Waals surface area contributed by atoms with Crippen LogP contribution in [0.1, 0.15) is 84.9 Å². The zero-order valence-corrected chi connectivity index (χ0v) is 21.4. The summed E-state index contributed by atoms with van der Waals surface area (Å²) < 4.78 is 5.32. The average molecular weight is 460 g/mol. The van der Waals surface area contributed by atoms with Crippen molar-refractivity contribution in [3.8, 4) is 0 Å². The highest BCUT2D eigenvalue weighted by molar-refractivity contribution is 5.92. The SMILES string of the molecule is CCCC(C)NC(=O)C(c1ccc(C)cc1)N(C(=O)C(C)NC(=O)OC(C)(C)C)C1CC1C. The van der Waals surface area contributed by atoms with Gasteiger partial charge in [0, 0.05) is 12.1 Å². The highest BCUT2D eigenvalue weighted by atomic mass is 16.6. The molecule has 184 valence electrons. The van der Waals surface area contributed by atoms with E-state index in [0.29, 0.717) is 0 Å². The summed E-state index contributed by atoms with van der Waals surface area (Å²) in [5, 5.41) is 5.74. The Labute approximate surface area is 198 Å². The molecule has 5 unspecified atom stereocenters. The number of hydrogen-bond acceptors (Lipinski definition) is 4. The van der Waals surface area contributed by atoms with Crippen LogP contribution in [-0.2, 0) is 14.3 Å². The smallest absolute Gasteiger partial charge is 0.408 e. The van der Waals surface area contributed by atoms with E-state index in [1.165, 1.54) is 0 Å². The monoisotopic (exact) mass is 459 g/mol. The number of rotatable bonds is 9. The lowest BCUT2D eigenvalue weighted by Crippen LogP contribution is -2.53. The number of alkyl carbamates (subject to hydrolysis) is 1. The Balaban J connectivity index is 2.35. The molecule has 2 N–H and O–H groups in total. The molecular weight excluding hydrogens is 418 g/mol. The predicted octanol–water partition coefficient (Wildman–Crippen LogP) is 4.49. The van der Waals surface area contributed by atoms with Crippen LogP contribution in [0.5, 0.6) is 0 Å². The van der Waals surface area contributed by atoms with Gasteiger partial charge in [-0.1, -0.05) is 50.1 Å². The maximum atomic E-state index is 13.6. The van der Waals surface area contributed by atoms with E-state index in [1.807, 2.05) is 38.1 Å². The van der Waals surface area contributed by atoms with E-state index in [4.69, 9.17) is 4.74 Å². The molecule has 0 radical (unpaired) electrons. The Morgan fingerprint density at radius 2 is 1.70 bits per heavy atom. The van der Waals surface area contributed by atoms with Crippen LogP contribution >= 0.6 is 0 Å². The van der Waals surface area contributed by atoms with Crippen LogP contribution in [0, 0.1) is 12.8 Å². The lowest BCUT2D eigenvalue weighted by molar-refractivity contribution is -0.143. The van der Waals surface area contributed by atoms with E-state index >= 15 is 0 Å². The molecule has 5 atom stereocenters. The molecule has 7 heteroatoms. The Hall–Kier alpha value is -2.57. The lowest BCUT2D eigenvalue weighted by atomic mass is 10.0. The summed E-state index contributed by atoms with van der Waals surface area (Å²) in [6.45, 7) is 15.1. The molecule has 0 aliphatic heterocycles. The first-order chi connectivity index (χ1) is 15.3. The fourth-order valence-corrected chi connectivity index (χ4v) is 3.96. The minimum Gasteiger partial charge on any atom is -0.444 e.